The van der Waals surface area contributed by atoms with E-state index in [1.54, 1.807) is 12.3 Å². The van der Waals surface area contributed by atoms with Crippen molar-refractivity contribution in [3.63, 3.8) is 0 Å². The minimum Gasteiger partial charge on any atom is -0.710 e. The third-order valence-electron chi connectivity index (χ3n) is 1.52. The van der Waals surface area contributed by atoms with Gasteiger partial charge < -0.3 is 5.21 Å². The third-order valence-corrected chi connectivity index (χ3v) is 1.52. The first kappa shape index (κ1) is 6.09. The molecule has 2 aromatic heterocycles. The molecule has 0 aliphatic rings. The summed E-state index contributed by atoms with van der Waals surface area (Å²) in [7, 11) is 0. The van der Waals surface area contributed by atoms with Gasteiger partial charge in [-0.05, 0) is 29.2 Å². The van der Waals surface area contributed by atoms with Crippen LogP contribution in [0.5, 0.6) is 0 Å². The van der Waals surface area contributed by atoms with Gasteiger partial charge in [0.15, 0.2) is 0 Å². The van der Waals surface area contributed by atoms with Crippen LogP contribution in [-0.2, 0) is 0 Å². The zero-order valence-electron chi connectivity index (χ0n) is 5.77. The first-order chi connectivity index (χ1) is 5.38. The molecule has 11 heavy (non-hydrogen) atoms. The molecule has 3 nitrogen and oxygen atoms in total. The Bertz CT molecular complexity index is 381. The molecule has 0 fully saturated rings. The fourth-order valence-corrected chi connectivity index (χ4v) is 1.02. The van der Waals surface area contributed by atoms with Gasteiger partial charge in [0.25, 0.3) is 0 Å². The van der Waals surface area contributed by atoms with Gasteiger partial charge in [-0.2, -0.15) is 0 Å². The van der Waals surface area contributed by atoms with Crippen molar-refractivity contribution in [3.8, 4) is 0 Å². The molecule has 0 atom stereocenters. The van der Waals surface area contributed by atoms with Gasteiger partial charge in [0.05, 0.1) is 11.6 Å². The van der Waals surface area contributed by atoms with Crippen molar-refractivity contribution in [3.05, 3.63) is 41.9 Å². The zero-order chi connectivity index (χ0) is 7.68. The highest BCUT2D eigenvalue weighted by Crippen LogP contribution is 2.03. The molecular weight excluding hydrogens is 140 g/mol. The van der Waals surface area contributed by atoms with Gasteiger partial charge in [0.2, 0.25) is 0 Å². The Morgan fingerprint density at radius 3 is 2.91 bits per heavy atom. The van der Waals surface area contributed by atoms with E-state index in [-0.39, 0.29) is 0 Å². The Balaban J connectivity index is 2.91. The summed E-state index contributed by atoms with van der Waals surface area (Å²) in [5.41, 5.74) is 0.468. The molecule has 2 aromatic rings. The van der Waals surface area contributed by atoms with E-state index in [1.807, 2.05) is 18.2 Å². The molecule has 2 heterocycles. The third kappa shape index (κ3) is 0.902. The summed E-state index contributed by atoms with van der Waals surface area (Å²) in [5.74, 6) is 0. The smallest absolute Gasteiger partial charge is 0.333 e. The maximum Gasteiger partial charge on any atom is 0.333 e. The zero-order valence-corrected chi connectivity index (χ0v) is 5.77. The average Bonchev–Trinajstić information content (AvgIpc) is 2.06. The minimum absolute atomic E-state index is 0.468. The summed E-state index contributed by atoms with van der Waals surface area (Å²) < 4.78 is 0.759. The van der Waals surface area contributed by atoms with Crippen molar-refractivity contribution in [1.82, 2.24) is 4.98 Å². The summed E-state index contributed by atoms with van der Waals surface area (Å²) in [6.45, 7) is 0. The molecule has 2 rings (SSSR count). The van der Waals surface area contributed by atoms with E-state index < -0.39 is 0 Å². The standard InChI is InChI=1S/C8H6N2O/c11-10-6-2-4-7-3-1-5-9-8(7)10/h1-6H. The van der Waals surface area contributed by atoms with Crippen LogP contribution in [0.2, 0.25) is 0 Å². The fraction of sp³-hybridized carbons (Fsp3) is 0. The lowest BCUT2D eigenvalue weighted by Gasteiger charge is -2.00. The van der Waals surface area contributed by atoms with Crippen molar-refractivity contribution >= 4 is 11.0 Å². The molecule has 54 valence electrons. The lowest BCUT2D eigenvalue weighted by atomic mass is 10.3. The molecule has 0 bridgehead atoms. The first-order valence-corrected chi connectivity index (χ1v) is 3.31. The van der Waals surface area contributed by atoms with Crippen molar-refractivity contribution < 1.29 is 4.73 Å². The summed E-state index contributed by atoms with van der Waals surface area (Å²) in [6.07, 6.45) is 3.05. The molecule has 3 heteroatoms. The van der Waals surface area contributed by atoms with Crippen molar-refractivity contribution in [2.45, 2.75) is 0 Å². The van der Waals surface area contributed by atoms with Crippen LogP contribution in [-0.4, -0.2) is 4.98 Å². The monoisotopic (exact) mass is 146 g/mol. The van der Waals surface area contributed by atoms with Crippen LogP contribution in [0.1, 0.15) is 0 Å². The highest BCUT2D eigenvalue weighted by molar-refractivity contribution is 5.70. The molecule has 0 radical (unpaired) electrons. The van der Waals surface area contributed by atoms with Gasteiger partial charge in [-0.25, -0.2) is 4.73 Å². The van der Waals surface area contributed by atoms with E-state index in [0.717, 1.165) is 10.1 Å². The Kier molecular flexibility index (Phi) is 1.22. The second-order valence-corrected chi connectivity index (χ2v) is 2.25. The largest absolute Gasteiger partial charge is 0.710 e. The SMILES string of the molecule is [O-][n+]1cccc2cccnc21. The highest BCUT2D eigenvalue weighted by Gasteiger charge is 2.00. The van der Waals surface area contributed by atoms with Crippen LogP contribution in [0.25, 0.3) is 11.0 Å². The number of nitrogens with zero attached hydrogens (tertiary/aromatic N) is 2. The Labute approximate surface area is 63.5 Å². The molecule has 0 aromatic carbocycles. The molecule has 0 saturated heterocycles. The number of hydrogen-bond donors (Lipinski definition) is 0. The van der Waals surface area contributed by atoms with Gasteiger partial charge >= 0.3 is 5.65 Å². The number of rotatable bonds is 0. The maximum atomic E-state index is 11.0. The van der Waals surface area contributed by atoms with Crippen molar-refractivity contribution in [2.24, 2.45) is 0 Å². The second-order valence-electron chi connectivity index (χ2n) is 2.25. The predicted molar refractivity (Wildman–Crippen MR) is 40.7 cm³/mol. The van der Waals surface area contributed by atoms with E-state index in [2.05, 4.69) is 4.98 Å². The number of pyridine rings is 2. The predicted octanol–water partition coefficient (Wildman–Crippen LogP) is 0.868. The van der Waals surface area contributed by atoms with E-state index in [4.69, 9.17) is 0 Å². The molecule has 0 unspecified atom stereocenters. The van der Waals surface area contributed by atoms with Gasteiger partial charge in [-0.3, -0.25) is 0 Å². The number of aromatic nitrogens is 2. The van der Waals surface area contributed by atoms with E-state index in [0.29, 0.717) is 5.65 Å². The molecule has 0 N–H and O–H groups in total. The quantitative estimate of drug-likeness (QED) is 0.408. The molecular formula is C8H6N2O. The Hall–Kier alpha value is -1.64. The summed E-state index contributed by atoms with van der Waals surface area (Å²) in [4.78, 5) is 3.93. The fourth-order valence-electron chi connectivity index (χ4n) is 1.02. The lowest BCUT2D eigenvalue weighted by Crippen LogP contribution is -2.26. The average molecular weight is 146 g/mol. The summed E-state index contributed by atoms with van der Waals surface area (Å²) in [5, 5.41) is 11.9. The van der Waals surface area contributed by atoms with E-state index in [9.17, 15) is 5.21 Å². The molecule has 0 aliphatic heterocycles. The lowest BCUT2D eigenvalue weighted by molar-refractivity contribution is -0.579. The first-order valence-electron chi connectivity index (χ1n) is 3.31. The van der Waals surface area contributed by atoms with Crippen LogP contribution >= 0.6 is 0 Å². The number of fused-ring (bicyclic) bond motifs is 1. The van der Waals surface area contributed by atoms with Crippen LogP contribution in [0.3, 0.4) is 0 Å². The van der Waals surface area contributed by atoms with Crippen LogP contribution < -0.4 is 4.73 Å². The minimum atomic E-state index is 0.468. The second kappa shape index (κ2) is 2.20. The van der Waals surface area contributed by atoms with Crippen LogP contribution in [0.4, 0.5) is 0 Å². The molecule has 0 amide bonds. The van der Waals surface area contributed by atoms with Crippen LogP contribution in [0, 0.1) is 5.21 Å². The van der Waals surface area contributed by atoms with Gasteiger partial charge in [-0.15, -0.1) is 0 Å². The molecule has 0 spiro atoms. The van der Waals surface area contributed by atoms with Gasteiger partial charge in [0, 0.05) is 0 Å². The van der Waals surface area contributed by atoms with Crippen molar-refractivity contribution in [2.75, 3.05) is 0 Å². The Morgan fingerprint density at radius 2 is 2.09 bits per heavy atom. The van der Waals surface area contributed by atoms with Gasteiger partial charge in [0.1, 0.15) is 6.20 Å². The van der Waals surface area contributed by atoms with E-state index >= 15 is 0 Å². The number of hydrogen-bond acceptors (Lipinski definition) is 2. The van der Waals surface area contributed by atoms with E-state index in [1.165, 1.54) is 6.20 Å². The van der Waals surface area contributed by atoms with Crippen molar-refractivity contribution in [1.29, 1.82) is 0 Å². The Morgan fingerprint density at radius 1 is 1.27 bits per heavy atom. The normalized spacial score (nSPS) is 10.2. The molecule has 0 saturated carbocycles. The summed E-state index contributed by atoms with van der Waals surface area (Å²) >= 11 is 0. The highest BCUT2D eigenvalue weighted by atomic mass is 16.5. The maximum absolute atomic E-state index is 11.0. The molecule has 0 aliphatic carbocycles. The summed E-state index contributed by atoms with van der Waals surface area (Å²) in [6, 6.07) is 7.23. The van der Waals surface area contributed by atoms with Crippen LogP contribution in [0.15, 0.2) is 36.7 Å². The van der Waals surface area contributed by atoms with Gasteiger partial charge in [-0.1, -0.05) is 0 Å². The topological polar surface area (TPSA) is 39.8 Å².